The lowest BCUT2D eigenvalue weighted by Gasteiger charge is -2.17. The van der Waals surface area contributed by atoms with Crippen molar-refractivity contribution < 1.29 is 0 Å². The van der Waals surface area contributed by atoms with E-state index in [0.717, 1.165) is 16.7 Å². The summed E-state index contributed by atoms with van der Waals surface area (Å²) in [5, 5.41) is 0.877. The summed E-state index contributed by atoms with van der Waals surface area (Å²) in [6.45, 7) is 0.626. The van der Waals surface area contributed by atoms with Crippen LogP contribution >= 0.6 is 0 Å². The third kappa shape index (κ3) is 2.16. The van der Waals surface area contributed by atoms with Crippen molar-refractivity contribution in [3.63, 3.8) is 0 Å². The number of aryl methyl sites for hydroxylation is 1. The highest BCUT2D eigenvalue weighted by Crippen LogP contribution is 2.20. The van der Waals surface area contributed by atoms with Crippen molar-refractivity contribution >= 4 is 22.7 Å². The molecule has 0 aliphatic carbocycles. The van der Waals surface area contributed by atoms with Crippen molar-refractivity contribution in [1.29, 1.82) is 0 Å². The van der Waals surface area contributed by atoms with Gasteiger partial charge in [-0.2, -0.15) is 4.98 Å². The van der Waals surface area contributed by atoms with Crippen LogP contribution in [0.2, 0.25) is 0 Å². The molecule has 6 nitrogen and oxygen atoms in total. The molecule has 0 fully saturated rings. The van der Waals surface area contributed by atoms with Crippen LogP contribution in [0.25, 0.3) is 10.9 Å². The first kappa shape index (κ1) is 12.4. The van der Waals surface area contributed by atoms with Crippen LogP contribution in [-0.4, -0.2) is 26.6 Å². The Labute approximate surface area is 116 Å². The highest BCUT2D eigenvalue weighted by molar-refractivity contribution is 5.88. The molecule has 2 aromatic heterocycles. The predicted octanol–water partition coefficient (Wildman–Crippen LogP) is 1.58. The van der Waals surface area contributed by atoms with Gasteiger partial charge in [0.25, 0.3) is 0 Å². The zero-order valence-corrected chi connectivity index (χ0v) is 11.5. The van der Waals surface area contributed by atoms with Crippen LogP contribution in [0.3, 0.4) is 0 Å². The Kier molecular flexibility index (Phi) is 2.98. The van der Waals surface area contributed by atoms with E-state index < -0.39 is 0 Å². The predicted molar refractivity (Wildman–Crippen MR) is 79.3 cm³/mol. The Balaban J connectivity index is 1.95. The lowest BCUT2D eigenvalue weighted by molar-refractivity contribution is 0.749. The smallest absolute Gasteiger partial charge is 0.228 e. The number of aromatic nitrogens is 4. The largest absolute Gasteiger partial charge is 0.383 e. The first-order valence-electron chi connectivity index (χ1n) is 6.35. The van der Waals surface area contributed by atoms with E-state index >= 15 is 0 Å². The van der Waals surface area contributed by atoms with Crippen LogP contribution in [0.15, 0.2) is 36.7 Å². The summed E-state index contributed by atoms with van der Waals surface area (Å²) >= 11 is 0. The van der Waals surface area contributed by atoms with Crippen molar-refractivity contribution in [2.24, 2.45) is 7.05 Å². The minimum atomic E-state index is 0.497. The second-order valence-corrected chi connectivity index (χ2v) is 4.74. The number of anilines is 2. The van der Waals surface area contributed by atoms with Crippen LogP contribution in [0, 0.1) is 0 Å². The Morgan fingerprint density at radius 2 is 2.05 bits per heavy atom. The van der Waals surface area contributed by atoms with Crippen molar-refractivity contribution in [2.75, 3.05) is 17.7 Å². The molecule has 3 aromatic rings. The van der Waals surface area contributed by atoms with Gasteiger partial charge in [0, 0.05) is 31.9 Å². The van der Waals surface area contributed by atoms with E-state index in [1.54, 1.807) is 6.20 Å². The fourth-order valence-corrected chi connectivity index (χ4v) is 2.09. The van der Waals surface area contributed by atoms with Crippen LogP contribution in [-0.2, 0) is 13.6 Å². The third-order valence-corrected chi connectivity index (χ3v) is 3.26. The molecule has 0 amide bonds. The second kappa shape index (κ2) is 4.80. The molecular formula is C14H16N6. The zero-order chi connectivity index (χ0) is 14.1. The van der Waals surface area contributed by atoms with E-state index in [9.17, 15) is 0 Å². The van der Waals surface area contributed by atoms with Gasteiger partial charge in [-0.15, -0.1) is 0 Å². The standard InChI is InChI=1S/C14H16N6/c1-19-8-7-16-12(19)9-20(2)14-17-11-6-4-3-5-10(11)13(15)18-14/h3-8H,9H2,1-2H3,(H2,15,17,18). The Bertz CT molecular complexity index is 748. The first-order valence-corrected chi connectivity index (χ1v) is 6.35. The summed E-state index contributed by atoms with van der Waals surface area (Å²) in [6, 6.07) is 7.73. The van der Waals surface area contributed by atoms with Gasteiger partial charge >= 0.3 is 0 Å². The first-order chi connectivity index (χ1) is 9.65. The highest BCUT2D eigenvalue weighted by Gasteiger charge is 2.11. The van der Waals surface area contributed by atoms with Gasteiger partial charge in [-0.25, -0.2) is 9.97 Å². The molecule has 2 heterocycles. The fraction of sp³-hybridized carbons (Fsp3) is 0.214. The topological polar surface area (TPSA) is 72.9 Å². The van der Waals surface area contributed by atoms with Gasteiger partial charge in [0.2, 0.25) is 5.95 Å². The average Bonchev–Trinajstić information content (AvgIpc) is 2.84. The quantitative estimate of drug-likeness (QED) is 0.780. The molecule has 0 atom stereocenters. The number of nitrogens with zero attached hydrogens (tertiary/aromatic N) is 5. The van der Waals surface area contributed by atoms with Crippen LogP contribution in [0.5, 0.6) is 0 Å². The molecule has 0 unspecified atom stereocenters. The molecule has 0 radical (unpaired) electrons. The Morgan fingerprint density at radius 3 is 2.80 bits per heavy atom. The van der Waals surface area contributed by atoms with E-state index in [1.165, 1.54) is 0 Å². The van der Waals surface area contributed by atoms with E-state index in [4.69, 9.17) is 5.73 Å². The number of hydrogen-bond donors (Lipinski definition) is 1. The van der Waals surface area contributed by atoms with E-state index in [0.29, 0.717) is 18.3 Å². The summed E-state index contributed by atoms with van der Waals surface area (Å²) < 4.78 is 1.97. The molecule has 3 rings (SSSR count). The maximum Gasteiger partial charge on any atom is 0.228 e. The average molecular weight is 268 g/mol. The summed E-state index contributed by atoms with van der Waals surface area (Å²) in [4.78, 5) is 15.1. The van der Waals surface area contributed by atoms with Gasteiger partial charge in [-0.05, 0) is 12.1 Å². The number of fused-ring (bicyclic) bond motifs is 1. The molecule has 2 N–H and O–H groups in total. The molecule has 0 aliphatic rings. The fourth-order valence-electron chi connectivity index (χ4n) is 2.09. The van der Waals surface area contributed by atoms with Gasteiger partial charge in [0.15, 0.2) is 0 Å². The van der Waals surface area contributed by atoms with Gasteiger partial charge < -0.3 is 15.2 Å². The normalized spacial score (nSPS) is 10.9. The zero-order valence-electron chi connectivity index (χ0n) is 11.5. The number of nitrogens with two attached hydrogens (primary N) is 1. The second-order valence-electron chi connectivity index (χ2n) is 4.74. The molecule has 102 valence electrons. The van der Waals surface area contributed by atoms with E-state index in [1.807, 2.05) is 54.0 Å². The lowest BCUT2D eigenvalue weighted by atomic mass is 10.2. The monoisotopic (exact) mass is 268 g/mol. The molecule has 0 bridgehead atoms. The minimum Gasteiger partial charge on any atom is -0.383 e. The molecular weight excluding hydrogens is 252 g/mol. The van der Waals surface area contributed by atoms with Crippen molar-refractivity contribution in [3.05, 3.63) is 42.5 Å². The molecule has 0 saturated carbocycles. The van der Waals surface area contributed by atoms with Crippen molar-refractivity contribution in [1.82, 2.24) is 19.5 Å². The third-order valence-electron chi connectivity index (χ3n) is 3.26. The molecule has 1 aromatic carbocycles. The van der Waals surface area contributed by atoms with Crippen LogP contribution in [0.4, 0.5) is 11.8 Å². The number of benzene rings is 1. The summed E-state index contributed by atoms with van der Waals surface area (Å²) in [5.74, 6) is 2.05. The molecule has 0 aliphatic heterocycles. The van der Waals surface area contributed by atoms with Crippen LogP contribution in [0.1, 0.15) is 5.82 Å². The number of para-hydroxylation sites is 1. The van der Waals surface area contributed by atoms with E-state index in [2.05, 4.69) is 15.0 Å². The van der Waals surface area contributed by atoms with Gasteiger partial charge in [-0.1, -0.05) is 12.1 Å². The van der Waals surface area contributed by atoms with Gasteiger partial charge in [-0.3, -0.25) is 0 Å². The summed E-state index contributed by atoms with van der Waals surface area (Å²) in [5.41, 5.74) is 6.85. The van der Waals surface area contributed by atoms with Crippen LogP contribution < -0.4 is 10.6 Å². The number of nitrogen functional groups attached to an aromatic ring is 1. The Morgan fingerprint density at radius 1 is 1.25 bits per heavy atom. The molecule has 6 heteroatoms. The van der Waals surface area contributed by atoms with Crippen molar-refractivity contribution in [3.8, 4) is 0 Å². The highest BCUT2D eigenvalue weighted by atomic mass is 15.3. The maximum absolute atomic E-state index is 6.00. The summed E-state index contributed by atoms with van der Waals surface area (Å²) in [7, 11) is 3.89. The number of rotatable bonds is 3. The van der Waals surface area contributed by atoms with Gasteiger partial charge in [0.05, 0.1) is 12.1 Å². The number of hydrogen-bond acceptors (Lipinski definition) is 5. The minimum absolute atomic E-state index is 0.497. The SMILES string of the molecule is CN(Cc1nccn1C)c1nc(N)c2ccccc2n1. The molecule has 0 spiro atoms. The molecule has 0 saturated heterocycles. The lowest BCUT2D eigenvalue weighted by Crippen LogP contribution is -2.21. The summed E-state index contributed by atoms with van der Waals surface area (Å²) in [6.07, 6.45) is 3.69. The Hall–Kier alpha value is -2.63. The van der Waals surface area contributed by atoms with Gasteiger partial charge in [0.1, 0.15) is 11.6 Å². The van der Waals surface area contributed by atoms with E-state index in [-0.39, 0.29) is 0 Å². The van der Waals surface area contributed by atoms with Crippen molar-refractivity contribution in [2.45, 2.75) is 6.54 Å². The maximum atomic E-state index is 6.00. The molecule has 20 heavy (non-hydrogen) atoms. The number of imidazole rings is 1.